The first kappa shape index (κ1) is 16.1. The van der Waals surface area contributed by atoms with Crippen LogP contribution >= 0.6 is 11.3 Å². The Bertz CT molecular complexity index is 641. The van der Waals surface area contributed by atoms with Gasteiger partial charge in [0, 0.05) is 30.9 Å². The molecular formula is C18H23N3OS. The summed E-state index contributed by atoms with van der Waals surface area (Å²) in [5.41, 5.74) is 1.92. The second-order valence-electron chi connectivity index (χ2n) is 5.99. The maximum atomic E-state index is 12.6. The lowest BCUT2D eigenvalue weighted by atomic mass is 10.1. The lowest BCUT2D eigenvalue weighted by molar-refractivity contribution is 0.0693. The maximum Gasteiger partial charge on any atom is 0.273 e. The van der Waals surface area contributed by atoms with Crippen molar-refractivity contribution >= 4 is 17.2 Å². The number of aromatic nitrogens is 1. The van der Waals surface area contributed by atoms with Crippen LogP contribution in [0.4, 0.5) is 0 Å². The summed E-state index contributed by atoms with van der Waals surface area (Å²) < 4.78 is 0. The van der Waals surface area contributed by atoms with Crippen molar-refractivity contribution in [2.24, 2.45) is 0 Å². The van der Waals surface area contributed by atoms with E-state index in [1.54, 1.807) is 11.3 Å². The summed E-state index contributed by atoms with van der Waals surface area (Å²) in [6.45, 7) is 1.63. The van der Waals surface area contributed by atoms with Crippen molar-refractivity contribution in [3.8, 4) is 0 Å². The largest absolute Gasteiger partial charge is 0.336 e. The molecule has 0 saturated carbocycles. The number of hydrogen-bond donors (Lipinski definition) is 1. The van der Waals surface area contributed by atoms with Crippen LogP contribution in [0.25, 0.3) is 0 Å². The molecule has 1 aliphatic rings. The summed E-state index contributed by atoms with van der Waals surface area (Å²) in [4.78, 5) is 19.1. The number of thiazole rings is 1. The van der Waals surface area contributed by atoms with E-state index in [9.17, 15) is 4.79 Å². The molecule has 0 radical (unpaired) electrons. The van der Waals surface area contributed by atoms with E-state index in [1.165, 1.54) is 5.56 Å². The van der Waals surface area contributed by atoms with Gasteiger partial charge in [0.25, 0.3) is 5.91 Å². The standard InChI is InChI=1S/C18H23N3OS/c1-19-15-8-5-11-21(12-15)18(22)16-13-23-17(20-16)10-9-14-6-3-2-4-7-14/h2-4,6-7,13,15,19H,5,8-12H2,1H3. The van der Waals surface area contributed by atoms with Gasteiger partial charge in [0.05, 0.1) is 5.01 Å². The van der Waals surface area contributed by atoms with E-state index in [1.807, 2.05) is 23.4 Å². The normalized spacial score (nSPS) is 18.1. The third-order valence-electron chi connectivity index (χ3n) is 4.36. The van der Waals surface area contributed by atoms with Crippen LogP contribution in [0.2, 0.25) is 0 Å². The Morgan fingerprint density at radius 2 is 2.17 bits per heavy atom. The van der Waals surface area contributed by atoms with E-state index in [-0.39, 0.29) is 5.91 Å². The highest BCUT2D eigenvalue weighted by Gasteiger charge is 2.24. The Kier molecular flexibility index (Phi) is 5.41. The molecule has 4 nitrogen and oxygen atoms in total. The first-order valence-electron chi connectivity index (χ1n) is 8.21. The molecule has 2 aromatic rings. The number of carbonyl (C=O) groups excluding carboxylic acids is 1. The van der Waals surface area contributed by atoms with E-state index in [4.69, 9.17) is 0 Å². The van der Waals surface area contributed by atoms with Crippen LogP contribution in [0.1, 0.15) is 33.9 Å². The predicted octanol–water partition coefficient (Wildman–Crippen LogP) is 2.75. The summed E-state index contributed by atoms with van der Waals surface area (Å²) >= 11 is 1.59. The number of likely N-dealkylation sites (tertiary alicyclic amines) is 1. The zero-order valence-electron chi connectivity index (χ0n) is 13.5. The zero-order valence-corrected chi connectivity index (χ0v) is 14.3. The van der Waals surface area contributed by atoms with Gasteiger partial charge in [-0.05, 0) is 31.9 Å². The first-order chi connectivity index (χ1) is 11.3. The van der Waals surface area contributed by atoms with Crippen molar-refractivity contribution < 1.29 is 4.79 Å². The fraction of sp³-hybridized carbons (Fsp3) is 0.444. The first-order valence-corrected chi connectivity index (χ1v) is 9.09. The van der Waals surface area contributed by atoms with E-state index >= 15 is 0 Å². The van der Waals surface area contributed by atoms with E-state index < -0.39 is 0 Å². The Labute approximate surface area is 141 Å². The Balaban J connectivity index is 1.59. The Hall–Kier alpha value is -1.72. The second-order valence-corrected chi connectivity index (χ2v) is 6.93. The molecular weight excluding hydrogens is 306 g/mol. The minimum Gasteiger partial charge on any atom is -0.336 e. The molecule has 5 heteroatoms. The molecule has 23 heavy (non-hydrogen) atoms. The van der Waals surface area contributed by atoms with Crippen molar-refractivity contribution in [3.05, 3.63) is 52.0 Å². The molecule has 1 aromatic heterocycles. The van der Waals surface area contributed by atoms with Crippen LogP contribution in [0, 0.1) is 0 Å². The van der Waals surface area contributed by atoms with Gasteiger partial charge in [0.15, 0.2) is 0 Å². The minimum atomic E-state index is 0.0761. The number of amides is 1. The monoisotopic (exact) mass is 329 g/mol. The van der Waals surface area contributed by atoms with Crippen molar-refractivity contribution in [1.29, 1.82) is 0 Å². The number of benzene rings is 1. The van der Waals surface area contributed by atoms with Crippen molar-refractivity contribution in [2.75, 3.05) is 20.1 Å². The van der Waals surface area contributed by atoms with Crippen molar-refractivity contribution in [3.63, 3.8) is 0 Å². The number of piperidine rings is 1. The van der Waals surface area contributed by atoms with Crippen LogP contribution in [0.15, 0.2) is 35.7 Å². The highest BCUT2D eigenvalue weighted by molar-refractivity contribution is 7.09. The van der Waals surface area contributed by atoms with Gasteiger partial charge < -0.3 is 10.2 Å². The molecule has 1 unspecified atom stereocenters. The average Bonchev–Trinajstić information content (AvgIpc) is 3.09. The number of rotatable bonds is 5. The summed E-state index contributed by atoms with van der Waals surface area (Å²) in [6, 6.07) is 10.8. The van der Waals surface area contributed by atoms with Gasteiger partial charge >= 0.3 is 0 Å². The number of aryl methyl sites for hydroxylation is 2. The van der Waals surface area contributed by atoms with E-state index in [0.29, 0.717) is 11.7 Å². The van der Waals surface area contributed by atoms with Gasteiger partial charge in [-0.3, -0.25) is 4.79 Å². The molecule has 1 atom stereocenters. The smallest absolute Gasteiger partial charge is 0.273 e. The highest BCUT2D eigenvalue weighted by Crippen LogP contribution is 2.17. The molecule has 1 amide bonds. The fourth-order valence-corrected chi connectivity index (χ4v) is 3.75. The maximum absolute atomic E-state index is 12.6. The number of likely N-dealkylation sites (N-methyl/N-ethyl adjacent to an activating group) is 1. The molecule has 1 fully saturated rings. The molecule has 1 N–H and O–H groups in total. The Morgan fingerprint density at radius 3 is 2.96 bits per heavy atom. The summed E-state index contributed by atoms with van der Waals surface area (Å²) in [6.07, 6.45) is 4.05. The molecule has 1 aromatic carbocycles. The predicted molar refractivity (Wildman–Crippen MR) is 93.9 cm³/mol. The minimum absolute atomic E-state index is 0.0761. The van der Waals surface area contributed by atoms with Gasteiger partial charge in [-0.15, -0.1) is 11.3 Å². The van der Waals surface area contributed by atoms with Crippen molar-refractivity contribution in [2.45, 2.75) is 31.7 Å². The number of nitrogens with zero attached hydrogens (tertiary/aromatic N) is 2. The average molecular weight is 329 g/mol. The highest BCUT2D eigenvalue weighted by atomic mass is 32.1. The quantitative estimate of drug-likeness (QED) is 0.917. The summed E-state index contributed by atoms with van der Waals surface area (Å²) in [5.74, 6) is 0.0761. The SMILES string of the molecule is CNC1CCCN(C(=O)c2csc(CCc3ccccc3)n2)C1. The third kappa shape index (κ3) is 4.18. The van der Waals surface area contributed by atoms with Crippen LogP contribution < -0.4 is 5.32 Å². The van der Waals surface area contributed by atoms with Crippen LogP contribution in [0.5, 0.6) is 0 Å². The van der Waals surface area contributed by atoms with Gasteiger partial charge in [-0.1, -0.05) is 30.3 Å². The van der Waals surface area contributed by atoms with Gasteiger partial charge in [-0.2, -0.15) is 0 Å². The molecule has 1 saturated heterocycles. The molecule has 0 bridgehead atoms. The third-order valence-corrected chi connectivity index (χ3v) is 5.27. The topological polar surface area (TPSA) is 45.2 Å². The molecule has 122 valence electrons. The number of hydrogen-bond acceptors (Lipinski definition) is 4. The fourth-order valence-electron chi connectivity index (χ4n) is 2.98. The molecule has 1 aliphatic heterocycles. The molecule has 2 heterocycles. The lowest BCUT2D eigenvalue weighted by Gasteiger charge is -2.32. The molecule has 0 aliphatic carbocycles. The second kappa shape index (κ2) is 7.70. The number of nitrogens with one attached hydrogen (secondary N) is 1. The van der Waals surface area contributed by atoms with Crippen LogP contribution in [0.3, 0.4) is 0 Å². The summed E-state index contributed by atoms with van der Waals surface area (Å²) in [5, 5.41) is 6.22. The molecule has 3 rings (SSSR count). The van der Waals surface area contributed by atoms with E-state index in [2.05, 4.69) is 34.6 Å². The van der Waals surface area contributed by atoms with Gasteiger partial charge in [-0.25, -0.2) is 4.98 Å². The van der Waals surface area contributed by atoms with Gasteiger partial charge in [0.2, 0.25) is 0 Å². The Morgan fingerprint density at radius 1 is 1.35 bits per heavy atom. The summed E-state index contributed by atoms with van der Waals surface area (Å²) in [7, 11) is 1.96. The van der Waals surface area contributed by atoms with E-state index in [0.717, 1.165) is 43.8 Å². The van der Waals surface area contributed by atoms with Crippen LogP contribution in [-0.4, -0.2) is 42.0 Å². The number of carbonyl (C=O) groups is 1. The molecule has 0 spiro atoms. The zero-order chi connectivity index (χ0) is 16.1. The van der Waals surface area contributed by atoms with Crippen LogP contribution in [-0.2, 0) is 12.8 Å². The lowest BCUT2D eigenvalue weighted by Crippen LogP contribution is -2.47. The van der Waals surface area contributed by atoms with Crippen molar-refractivity contribution in [1.82, 2.24) is 15.2 Å². The van der Waals surface area contributed by atoms with Gasteiger partial charge in [0.1, 0.15) is 5.69 Å².